The Morgan fingerprint density at radius 1 is 1.27 bits per heavy atom. The average molecular weight is 408 g/mol. The van der Waals surface area contributed by atoms with E-state index >= 15 is 0 Å². The number of benzene rings is 1. The molecule has 30 heavy (non-hydrogen) atoms. The van der Waals surface area contributed by atoms with Crippen LogP contribution in [-0.4, -0.2) is 60.0 Å². The van der Waals surface area contributed by atoms with Gasteiger partial charge in [-0.1, -0.05) is 22.6 Å². The summed E-state index contributed by atoms with van der Waals surface area (Å²) in [6, 6.07) is 7.18. The van der Waals surface area contributed by atoms with Crippen molar-refractivity contribution in [1.82, 2.24) is 40.9 Å². The van der Waals surface area contributed by atoms with E-state index in [0.29, 0.717) is 48.6 Å². The van der Waals surface area contributed by atoms with Crippen LogP contribution >= 0.6 is 0 Å². The number of rotatable bonds is 9. The third-order valence-electron chi connectivity index (χ3n) is 4.75. The molecule has 2 heterocycles. The monoisotopic (exact) mass is 408 g/mol. The summed E-state index contributed by atoms with van der Waals surface area (Å²) in [6.07, 6.45) is 3.84. The lowest BCUT2D eigenvalue weighted by Gasteiger charge is -2.12. The highest BCUT2D eigenvalue weighted by Crippen LogP contribution is 2.21. The lowest BCUT2D eigenvalue weighted by Crippen LogP contribution is -2.27. The summed E-state index contributed by atoms with van der Waals surface area (Å²) >= 11 is 0. The minimum absolute atomic E-state index is 0.216. The van der Waals surface area contributed by atoms with Crippen LogP contribution in [0, 0.1) is 0 Å². The number of carbonyl (C=O) groups excluding carboxylic acids is 1. The number of aryl methyl sites for hydroxylation is 1. The zero-order valence-electron chi connectivity index (χ0n) is 16.6. The number of aliphatic imine (C=N–C) groups is 1. The van der Waals surface area contributed by atoms with E-state index in [0.717, 1.165) is 18.5 Å². The summed E-state index contributed by atoms with van der Waals surface area (Å²) in [7, 11) is 0. The highest BCUT2D eigenvalue weighted by atomic mass is 16.3. The zero-order valence-corrected chi connectivity index (χ0v) is 16.6. The Labute approximate surface area is 172 Å². The number of aromatic amines is 1. The predicted octanol–water partition coefficient (Wildman–Crippen LogP) is -0.0253. The van der Waals surface area contributed by atoms with E-state index in [1.165, 1.54) is 0 Å². The minimum atomic E-state index is -0.257. The van der Waals surface area contributed by atoms with Gasteiger partial charge in [-0.15, -0.1) is 15.3 Å². The molecule has 11 heteroatoms. The first-order chi connectivity index (χ1) is 14.7. The molecular formula is C19H22N9O2-. The lowest BCUT2D eigenvalue weighted by molar-refractivity contribution is -0.213. The Morgan fingerprint density at radius 2 is 2.07 bits per heavy atom. The molecule has 0 radical (unpaired) electrons. The first-order valence-electron chi connectivity index (χ1n) is 9.95. The number of carbonyl (C=O) groups is 1. The van der Waals surface area contributed by atoms with Crippen LogP contribution in [0.15, 0.2) is 29.3 Å². The van der Waals surface area contributed by atoms with Crippen LogP contribution in [0.4, 0.5) is 0 Å². The molecule has 2 N–H and O–H groups in total. The maximum absolute atomic E-state index is 12.6. The Balaban J connectivity index is 1.58. The Hall–Kier alpha value is -3.63. The predicted molar refractivity (Wildman–Crippen MR) is 105 cm³/mol. The topological polar surface area (TPSA) is 150 Å². The van der Waals surface area contributed by atoms with E-state index < -0.39 is 0 Å². The van der Waals surface area contributed by atoms with Crippen molar-refractivity contribution in [2.45, 2.75) is 45.1 Å². The Bertz CT molecular complexity index is 1020. The van der Waals surface area contributed by atoms with Gasteiger partial charge >= 0.3 is 0 Å². The molecule has 0 aliphatic heterocycles. The summed E-state index contributed by atoms with van der Waals surface area (Å²) in [4.78, 5) is 16.5. The van der Waals surface area contributed by atoms with E-state index in [9.17, 15) is 9.90 Å². The Kier molecular flexibility index (Phi) is 5.77. The molecule has 1 aliphatic rings. The van der Waals surface area contributed by atoms with E-state index in [-0.39, 0.29) is 17.8 Å². The number of H-pyrrole nitrogens is 1. The largest absolute Gasteiger partial charge is 0.858 e. The van der Waals surface area contributed by atoms with Gasteiger partial charge in [-0.05, 0) is 56.2 Å². The second kappa shape index (κ2) is 8.80. The van der Waals surface area contributed by atoms with Gasteiger partial charge in [-0.25, -0.2) is 4.68 Å². The summed E-state index contributed by atoms with van der Waals surface area (Å²) < 4.78 is 1.64. The van der Waals surface area contributed by atoms with Gasteiger partial charge in [-0.2, -0.15) is 5.21 Å². The van der Waals surface area contributed by atoms with Gasteiger partial charge in [-0.3, -0.25) is 4.79 Å². The summed E-state index contributed by atoms with van der Waals surface area (Å²) in [5.74, 6) is 0.139. The molecule has 4 rings (SSSR count). The molecule has 156 valence electrons. The van der Waals surface area contributed by atoms with E-state index in [4.69, 9.17) is 0 Å². The quantitative estimate of drug-likeness (QED) is 0.373. The average Bonchev–Trinajstić information content (AvgIpc) is 3.24. The van der Waals surface area contributed by atoms with Crippen LogP contribution < -0.4 is 10.4 Å². The van der Waals surface area contributed by atoms with Crippen molar-refractivity contribution in [3.8, 4) is 5.69 Å². The van der Waals surface area contributed by atoms with E-state index in [1.54, 1.807) is 28.9 Å². The fraction of sp³-hybridized carbons (Fsp3) is 0.421. The molecule has 1 amide bonds. The molecule has 0 saturated heterocycles. The number of amides is 1. The molecule has 0 spiro atoms. The summed E-state index contributed by atoms with van der Waals surface area (Å²) in [5, 5.41) is 37.2. The number of hydrogen-bond acceptors (Lipinski definition) is 8. The van der Waals surface area contributed by atoms with Crippen LogP contribution in [0.25, 0.3) is 5.69 Å². The van der Waals surface area contributed by atoms with Crippen LogP contribution in [-0.2, 0) is 12.8 Å². The van der Waals surface area contributed by atoms with Crippen molar-refractivity contribution in [3.63, 3.8) is 0 Å². The summed E-state index contributed by atoms with van der Waals surface area (Å²) in [5.41, 5.74) is 2.24. The second-order valence-electron chi connectivity index (χ2n) is 7.05. The van der Waals surface area contributed by atoms with Crippen molar-refractivity contribution in [2.24, 2.45) is 4.99 Å². The lowest BCUT2D eigenvalue weighted by atomic mass is 10.1. The standard InChI is InChI=1S/C19H23N9O2/c1-2-20-18(29)12-6-10-14(11-7-12)28-15(4-3-5-16-22-25-26-23-16)17(24-27-28)19(30)21-13-8-9-13/h6-7,10-11,13H,2-5,8-9H2,1H3,(H,20,29)(H,21,30)(H,22,23,25,26)/p-1. The maximum atomic E-state index is 12.6. The van der Waals surface area contributed by atoms with Crippen molar-refractivity contribution in [2.75, 3.05) is 6.54 Å². The SMILES string of the molecule is CCN=C([O-])c1ccc(-n2nnc(C(=O)NC3CC3)c2CCCc2nn[nH]n2)cc1. The van der Waals surface area contributed by atoms with Crippen LogP contribution in [0.2, 0.25) is 0 Å². The molecule has 1 saturated carbocycles. The van der Waals surface area contributed by atoms with Gasteiger partial charge in [0.25, 0.3) is 5.91 Å². The van der Waals surface area contributed by atoms with Crippen molar-refractivity contribution in [3.05, 3.63) is 47.0 Å². The van der Waals surface area contributed by atoms with Crippen molar-refractivity contribution < 1.29 is 9.90 Å². The first kappa shape index (κ1) is 19.7. The van der Waals surface area contributed by atoms with Crippen molar-refractivity contribution >= 4 is 11.8 Å². The molecule has 0 unspecified atom stereocenters. The van der Waals surface area contributed by atoms with Crippen LogP contribution in [0.1, 0.15) is 53.8 Å². The first-order valence-corrected chi connectivity index (χ1v) is 9.95. The maximum Gasteiger partial charge on any atom is 0.273 e. The second-order valence-corrected chi connectivity index (χ2v) is 7.05. The number of nitrogens with zero attached hydrogens (tertiary/aromatic N) is 7. The normalized spacial score (nSPS) is 14.1. The van der Waals surface area contributed by atoms with Gasteiger partial charge in [0.2, 0.25) is 0 Å². The zero-order chi connectivity index (χ0) is 20.9. The molecule has 1 fully saturated rings. The van der Waals surface area contributed by atoms with E-state index in [1.807, 2.05) is 6.92 Å². The van der Waals surface area contributed by atoms with E-state index in [2.05, 4.69) is 41.2 Å². The number of aromatic nitrogens is 7. The van der Waals surface area contributed by atoms with Gasteiger partial charge in [0, 0.05) is 19.0 Å². The third-order valence-corrected chi connectivity index (χ3v) is 4.75. The van der Waals surface area contributed by atoms with Crippen molar-refractivity contribution in [1.29, 1.82) is 0 Å². The smallest absolute Gasteiger partial charge is 0.273 e. The highest BCUT2D eigenvalue weighted by Gasteiger charge is 2.27. The van der Waals surface area contributed by atoms with Crippen LogP contribution in [0.5, 0.6) is 0 Å². The summed E-state index contributed by atoms with van der Waals surface area (Å²) in [6.45, 7) is 2.25. The molecule has 3 aromatic rings. The van der Waals surface area contributed by atoms with Gasteiger partial charge in [0.15, 0.2) is 11.5 Å². The molecule has 0 atom stereocenters. The number of tetrazole rings is 1. The fourth-order valence-corrected chi connectivity index (χ4v) is 3.07. The number of hydrogen-bond donors (Lipinski definition) is 2. The Morgan fingerprint density at radius 3 is 2.73 bits per heavy atom. The van der Waals surface area contributed by atoms with Gasteiger partial charge < -0.3 is 15.4 Å². The molecular weight excluding hydrogens is 386 g/mol. The minimum Gasteiger partial charge on any atom is -0.858 e. The number of nitrogens with one attached hydrogen (secondary N) is 2. The molecule has 1 aliphatic carbocycles. The van der Waals surface area contributed by atoms with Gasteiger partial charge in [0.1, 0.15) is 0 Å². The molecule has 0 bridgehead atoms. The molecule has 2 aromatic heterocycles. The fourth-order valence-electron chi connectivity index (χ4n) is 3.07. The third kappa shape index (κ3) is 4.50. The highest BCUT2D eigenvalue weighted by molar-refractivity contribution is 5.94. The van der Waals surface area contributed by atoms with Gasteiger partial charge in [0.05, 0.1) is 11.4 Å². The molecule has 11 nitrogen and oxygen atoms in total. The van der Waals surface area contributed by atoms with Crippen LogP contribution in [0.3, 0.4) is 0 Å². The molecule has 1 aromatic carbocycles.